The second-order valence-corrected chi connectivity index (χ2v) is 4.28. The molecule has 3 N–H and O–H groups in total. The zero-order valence-corrected chi connectivity index (χ0v) is 11.8. The van der Waals surface area contributed by atoms with Gasteiger partial charge < -0.3 is 15.8 Å². The van der Waals surface area contributed by atoms with Crippen molar-refractivity contribution in [3.8, 4) is 11.8 Å². The van der Waals surface area contributed by atoms with E-state index in [0.29, 0.717) is 36.6 Å². The number of methoxy groups -OCH3 is 1. The standard InChI is InChI=1S/C14H20N4O2/c1-3-18(8-4-7-15)10-14(19)17-13-6-5-11(20-2)9-12(13)16/h5-6,9H,3-4,8,10,16H2,1-2H3,(H,17,19). The molecule has 0 heterocycles. The number of ether oxygens (including phenoxy) is 1. The number of nitrogens with two attached hydrogens (primary N) is 1. The summed E-state index contributed by atoms with van der Waals surface area (Å²) >= 11 is 0. The van der Waals surface area contributed by atoms with Crippen LogP contribution in [-0.2, 0) is 4.79 Å². The molecule has 0 aliphatic carbocycles. The summed E-state index contributed by atoms with van der Waals surface area (Å²) in [5.41, 5.74) is 6.86. The molecule has 1 rings (SSSR count). The summed E-state index contributed by atoms with van der Waals surface area (Å²) < 4.78 is 5.05. The summed E-state index contributed by atoms with van der Waals surface area (Å²) in [7, 11) is 1.56. The first-order valence-corrected chi connectivity index (χ1v) is 6.43. The van der Waals surface area contributed by atoms with Crippen molar-refractivity contribution in [3.63, 3.8) is 0 Å². The predicted molar refractivity (Wildman–Crippen MR) is 78.4 cm³/mol. The van der Waals surface area contributed by atoms with Gasteiger partial charge in [-0.3, -0.25) is 9.69 Å². The van der Waals surface area contributed by atoms with E-state index >= 15 is 0 Å². The van der Waals surface area contributed by atoms with Crippen molar-refractivity contribution in [2.45, 2.75) is 13.3 Å². The van der Waals surface area contributed by atoms with E-state index in [9.17, 15) is 4.79 Å². The van der Waals surface area contributed by atoms with Crippen LogP contribution in [0.2, 0.25) is 0 Å². The molecule has 0 unspecified atom stereocenters. The van der Waals surface area contributed by atoms with Gasteiger partial charge in [0.1, 0.15) is 5.75 Å². The molecule has 0 atom stereocenters. The normalized spacial score (nSPS) is 10.1. The van der Waals surface area contributed by atoms with Crippen LogP contribution in [0.5, 0.6) is 5.75 Å². The molecule has 0 spiro atoms. The van der Waals surface area contributed by atoms with E-state index < -0.39 is 0 Å². The minimum atomic E-state index is -0.151. The summed E-state index contributed by atoms with van der Waals surface area (Å²) in [6.45, 7) is 3.49. The molecule has 20 heavy (non-hydrogen) atoms. The van der Waals surface area contributed by atoms with Crippen LogP contribution in [0, 0.1) is 11.3 Å². The number of carbonyl (C=O) groups excluding carboxylic acids is 1. The molecule has 0 aromatic heterocycles. The molecular weight excluding hydrogens is 256 g/mol. The Balaban J connectivity index is 2.59. The molecule has 0 saturated carbocycles. The molecule has 0 aliphatic rings. The lowest BCUT2D eigenvalue weighted by Crippen LogP contribution is -2.33. The third-order valence-corrected chi connectivity index (χ3v) is 2.89. The minimum Gasteiger partial charge on any atom is -0.497 e. The van der Waals surface area contributed by atoms with Gasteiger partial charge in [-0.2, -0.15) is 5.26 Å². The van der Waals surface area contributed by atoms with E-state index in [-0.39, 0.29) is 12.5 Å². The first-order chi connectivity index (χ1) is 9.60. The van der Waals surface area contributed by atoms with Gasteiger partial charge in [-0.05, 0) is 18.7 Å². The van der Waals surface area contributed by atoms with E-state index in [1.807, 2.05) is 11.8 Å². The van der Waals surface area contributed by atoms with Crippen LogP contribution in [0.4, 0.5) is 11.4 Å². The Labute approximate surface area is 119 Å². The maximum atomic E-state index is 11.9. The van der Waals surface area contributed by atoms with Gasteiger partial charge in [-0.25, -0.2) is 0 Å². The van der Waals surface area contributed by atoms with Gasteiger partial charge in [-0.1, -0.05) is 6.92 Å². The summed E-state index contributed by atoms with van der Waals surface area (Å²) in [6.07, 6.45) is 0.409. The number of nitrogen functional groups attached to an aromatic ring is 1. The van der Waals surface area contributed by atoms with Crippen molar-refractivity contribution in [3.05, 3.63) is 18.2 Å². The number of nitrogens with zero attached hydrogens (tertiary/aromatic N) is 2. The maximum absolute atomic E-state index is 11.9. The van der Waals surface area contributed by atoms with Crippen LogP contribution in [-0.4, -0.2) is 37.6 Å². The summed E-state index contributed by atoms with van der Waals surface area (Å²) in [4.78, 5) is 13.8. The van der Waals surface area contributed by atoms with Gasteiger partial charge in [-0.15, -0.1) is 0 Å². The minimum absolute atomic E-state index is 0.151. The molecule has 0 aliphatic heterocycles. The van der Waals surface area contributed by atoms with Gasteiger partial charge in [0, 0.05) is 19.0 Å². The number of carbonyl (C=O) groups is 1. The largest absolute Gasteiger partial charge is 0.497 e. The summed E-state index contributed by atoms with van der Waals surface area (Å²) in [5, 5.41) is 11.3. The Bertz CT molecular complexity index is 496. The van der Waals surface area contributed by atoms with E-state index in [2.05, 4.69) is 11.4 Å². The first kappa shape index (κ1) is 15.8. The third-order valence-electron chi connectivity index (χ3n) is 2.89. The van der Waals surface area contributed by atoms with Gasteiger partial charge in [0.15, 0.2) is 0 Å². The first-order valence-electron chi connectivity index (χ1n) is 6.43. The van der Waals surface area contributed by atoms with Crippen molar-refractivity contribution in [2.24, 2.45) is 0 Å². The lowest BCUT2D eigenvalue weighted by Gasteiger charge is -2.18. The van der Waals surface area contributed by atoms with Gasteiger partial charge in [0.2, 0.25) is 5.91 Å². The number of benzene rings is 1. The molecule has 0 fully saturated rings. The SMILES string of the molecule is CCN(CCC#N)CC(=O)Nc1ccc(OC)cc1N. The van der Waals surface area contributed by atoms with Crippen molar-refractivity contribution in [1.82, 2.24) is 4.90 Å². The lowest BCUT2D eigenvalue weighted by atomic mass is 10.2. The molecule has 1 amide bonds. The van der Waals surface area contributed by atoms with E-state index in [4.69, 9.17) is 15.7 Å². The monoisotopic (exact) mass is 276 g/mol. The maximum Gasteiger partial charge on any atom is 0.238 e. The highest BCUT2D eigenvalue weighted by Gasteiger charge is 2.10. The zero-order chi connectivity index (χ0) is 15.0. The summed E-state index contributed by atoms with van der Waals surface area (Å²) in [5.74, 6) is 0.492. The molecule has 6 nitrogen and oxygen atoms in total. The van der Waals surface area contributed by atoms with Crippen LogP contribution < -0.4 is 15.8 Å². The second-order valence-electron chi connectivity index (χ2n) is 4.28. The van der Waals surface area contributed by atoms with Crippen molar-refractivity contribution in [1.29, 1.82) is 5.26 Å². The average molecular weight is 276 g/mol. The Morgan fingerprint density at radius 1 is 1.55 bits per heavy atom. The predicted octanol–water partition coefficient (Wildman–Crippen LogP) is 1.45. The van der Waals surface area contributed by atoms with Gasteiger partial charge in [0.25, 0.3) is 0 Å². The quantitative estimate of drug-likeness (QED) is 0.735. The molecule has 108 valence electrons. The number of rotatable bonds is 7. The van der Waals surface area contributed by atoms with Crippen molar-refractivity contribution >= 4 is 17.3 Å². The highest BCUT2D eigenvalue weighted by atomic mass is 16.5. The van der Waals surface area contributed by atoms with E-state index in [1.54, 1.807) is 25.3 Å². The Morgan fingerprint density at radius 3 is 2.85 bits per heavy atom. The fourth-order valence-electron chi connectivity index (χ4n) is 1.73. The topological polar surface area (TPSA) is 91.4 Å². The smallest absolute Gasteiger partial charge is 0.238 e. The van der Waals surface area contributed by atoms with Crippen LogP contribution in [0.1, 0.15) is 13.3 Å². The number of nitrogens with one attached hydrogen (secondary N) is 1. The van der Waals surface area contributed by atoms with Gasteiger partial charge >= 0.3 is 0 Å². The van der Waals surface area contributed by atoms with Crippen molar-refractivity contribution in [2.75, 3.05) is 37.8 Å². The van der Waals surface area contributed by atoms with Gasteiger partial charge in [0.05, 0.1) is 31.1 Å². The fourth-order valence-corrected chi connectivity index (χ4v) is 1.73. The van der Waals surface area contributed by atoms with Crippen LogP contribution in [0.3, 0.4) is 0 Å². The number of amides is 1. The number of nitriles is 1. The van der Waals surface area contributed by atoms with E-state index in [1.165, 1.54) is 0 Å². The number of hydrogen-bond donors (Lipinski definition) is 2. The Morgan fingerprint density at radius 2 is 2.30 bits per heavy atom. The lowest BCUT2D eigenvalue weighted by molar-refractivity contribution is -0.117. The van der Waals surface area contributed by atoms with Crippen LogP contribution >= 0.6 is 0 Å². The number of anilines is 2. The molecular formula is C14H20N4O2. The molecule has 0 saturated heterocycles. The zero-order valence-electron chi connectivity index (χ0n) is 11.8. The average Bonchev–Trinajstić information content (AvgIpc) is 2.45. The number of hydrogen-bond acceptors (Lipinski definition) is 5. The summed E-state index contributed by atoms with van der Waals surface area (Å²) in [6, 6.07) is 7.17. The highest BCUT2D eigenvalue weighted by molar-refractivity contribution is 5.95. The molecule has 6 heteroatoms. The third kappa shape index (κ3) is 4.78. The Kier molecular flexibility index (Phi) is 6.33. The highest BCUT2D eigenvalue weighted by Crippen LogP contribution is 2.23. The molecule has 0 bridgehead atoms. The molecule has 1 aromatic carbocycles. The molecule has 1 aromatic rings. The van der Waals surface area contributed by atoms with Crippen molar-refractivity contribution < 1.29 is 9.53 Å². The second kappa shape index (κ2) is 8.02. The number of likely N-dealkylation sites (N-methyl/N-ethyl adjacent to an activating group) is 1. The Hall–Kier alpha value is -2.26. The van der Waals surface area contributed by atoms with Crippen LogP contribution in [0.25, 0.3) is 0 Å². The van der Waals surface area contributed by atoms with Crippen LogP contribution in [0.15, 0.2) is 18.2 Å². The molecule has 0 radical (unpaired) electrons. The fraction of sp³-hybridized carbons (Fsp3) is 0.429. The van der Waals surface area contributed by atoms with E-state index in [0.717, 1.165) is 0 Å².